The number of anilines is 2. The highest BCUT2D eigenvalue weighted by Crippen LogP contribution is 2.66. The lowest BCUT2D eigenvalue weighted by atomic mass is 9.72. The van der Waals surface area contributed by atoms with Gasteiger partial charge < -0.3 is 9.47 Å². The van der Waals surface area contributed by atoms with Crippen molar-refractivity contribution in [3.05, 3.63) is 131 Å². The fourth-order valence-electron chi connectivity index (χ4n) is 7.43. The molecule has 4 rings (SSSR count). The number of ether oxygens (including phenoxy) is 2. The second-order valence-corrected chi connectivity index (χ2v) is 22.6. The van der Waals surface area contributed by atoms with Gasteiger partial charge in [-0.3, -0.25) is 9.44 Å². The molecule has 2 N–H and O–H groups in total. The Kier molecular flexibility index (Phi) is 20.8. The highest BCUT2D eigenvalue weighted by molar-refractivity contribution is 7.93. The van der Waals surface area contributed by atoms with Crippen LogP contribution in [0.2, 0.25) is 0 Å². The van der Waals surface area contributed by atoms with Crippen LogP contribution in [0.4, 0.5) is 187 Å². The third-order valence-electron chi connectivity index (χ3n) is 12.8. The average Bonchev–Trinajstić information content (AvgIpc) is 0.711. The van der Waals surface area contributed by atoms with Gasteiger partial charge >= 0.3 is 108 Å². The minimum Gasteiger partial charge on any atom is -0.427 e. The Morgan fingerprint density at radius 1 is 0.309 bits per heavy atom. The van der Waals surface area contributed by atoms with Gasteiger partial charge in [0.2, 0.25) is 17.1 Å². The van der Waals surface area contributed by atoms with E-state index in [9.17, 15) is 149 Å². The predicted octanol–water partition coefficient (Wildman–Crippen LogP) is 19.0. The first kappa shape index (κ1) is 82.1. The van der Waals surface area contributed by atoms with Crippen LogP contribution in [0.3, 0.4) is 0 Å². The lowest BCUT2D eigenvalue weighted by molar-refractivity contribution is -0.451. The van der Waals surface area contributed by atoms with Crippen LogP contribution in [0.1, 0.15) is 22.3 Å². The zero-order valence-electron chi connectivity index (χ0n) is 45.0. The zero-order chi connectivity index (χ0) is 76.3. The Labute approximate surface area is 509 Å². The van der Waals surface area contributed by atoms with E-state index in [4.69, 9.17) is 0 Å². The molecule has 8 nitrogen and oxygen atoms in total. The molecule has 0 saturated heterocycles. The molecule has 0 aliphatic rings. The zero-order valence-corrected chi connectivity index (χ0v) is 46.6. The largest absolute Gasteiger partial charge is 0.460 e. The molecule has 0 bridgehead atoms. The molecule has 0 aromatic heterocycles. The molecule has 0 amide bonds. The molecule has 97 heavy (non-hydrogen) atoms. The summed E-state index contributed by atoms with van der Waals surface area (Å²) in [4.78, 5) is -2.73. The van der Waals surface area contributed by atoms with Crippen molar-refractivity contribution in [1.82, 2.24) is 0 Å². The molecule has 50 heteroatoms. The van der Waals surface area contributed by atoms with Gasteiger partial charge in [-0.1, -0.05) is 47.5 Å². The van der Waals surface area contributed by atoms with Crippen molar-refractivity contribution in [2.45, 2.75) is 125 Å². The molecule has 548 valence electrons. The summed E-state index contributed by atoms with van der Waals surface area (Å²) < 4.78 is 634. The Morgan fingerprint density at radius 2 is 0.536 bits per heavy atom. The molecule has 0 radical (unpaired) electrons. The highest BCUT2D eigenvalue weighted by atomic mass is 32.2. The van der Waals surface area contributed by atoms with Crippen molar-refractivity contribution in [3.63, 3.8) is 0 Å². The molecule has 4 aromatic carbocycles. The summed E-state index contributed by atoms with van der Waals surface area (Å²) in [5.74, 6) is -123. The molecular formula is C47H22F40N2O6S2. The van der Waals surface area contributed by atoms with Gasteiger partial charge in [0.05, 0.1) is 21.2 Å². The number of sulfonamides is 2. The Morgan fingerprint density at radius 3 is 0.763 bits per heavy atom. The van der Waals surface area contributed by atoms with E-state index in [1.54, 1.807) is 0 Å². The van der Waals surface area contributed by atoms with Crippen molar-refractivity contribution in [2.75, 3.05) is 9.44 Å². The van der Waals surface area contributed by atoms with Crippen molar-refractivity contribution in [2.24, 2.45) is 0 Å². The van der Waals surface area contributed by atoms with Crippen LogP contribution in [0.5, 0.6) is 11.5 Å². The Balaban J connectivity index is 2.15. The second kappa shape index (κ2) is 24.5. The first-order chi connectivity index (χ1) is 42.7. The number of aryl methyl sites for hydroxylation is 2. The van der Waals surface area contributed by atoms with E-state index in [2.05, 4.69) is 9.47 Å². The first-order valence-electron chi connectivity index (χ1n) is 23.5. The summed E-state index contributed by atoms with van der Waals surface area (Å²) in [6.45, 7) is 2.24. The van der Waals surface area contributed by atoms with E-state index < -0.39 is 225 Å². The van der Waals surface area contributed by atoms with Gasteiger partial charge in [0, 0.05) is 0 Å². The van der Waals surface area contributed by atoms with Crippen LogP contribution in [-0.4, -0.2) is 113 Å². The smallest absolute Gasteiger partial charge is 0.427 e. The van der Waals surface area contributed by atoms with Crippen LogP contribution in [0.15, 0.2) is 118 Å². The quantitative estimate of drug-likeness (QED) is 0.0534. The van der Waals surface area contributed by atoms with Crippen LogP contribution >= 0.6 is 0 Å². The summed E-state index contributed by atoms with van der Waals surface area (Å²) in [6, 6.07) is -10.8. The van der Waals surface area contributed by atoms with E-state index in [0.29, 0.717) is 24.3 Å². The van der Waals surface area contributed by atoms with E-state index in [1.165, 1.54) is 0 Å². The maximum absolute atomic E-state index is 15.7. The fraction of sp³-hybridized carbons (Fsp3) is 0.404. The lowest BCUT2D eigenvalue weighted by Gasteiger charge is -2.41. The highest BCUT2D eigenvalue weighted by Gasteiger charge is 2.96. The number of allylic oxidation sites excluding steroid dienone is 2. The van der Waals surface area contributed by atoms with E-state index in [0.717, 1.165) is 47.6 Å². The maximum atomic E-state index is 15.7. The Hall–Kier alpha value is -7.34. The SMILES string of the molecule is Cc1ccc(S(=O)(=O)Nc2cc(C(c3ccc(OC(F)=C(F)C(F)(F)C(F)(F)C(F)(F)C(F)(F)C(F)(F)C(F)(F)C(F)(F)F)c(NS(=O)(=O)c4ccc(C)cc4)c3)(C(F)(F)F)C(F)(F)F)ccc2OC(F)=C(F)C(F)(F)C(F)(F)C(F)(F)C(F)(F)C(F)(F)C(F)(F)C(F)(F)F)cc1. The van der Waals surface area contributed by atoms with Gasteiger partial charge in [-0.15, -0.1) is 0 Å². The molecule has 0 aliphatic heterocycles. The summed E-state index contributed by atoms with van der Waals surface area (Å²) >= 11 is 0. The fourth-order valence-corrected chi connectivity index (χ4v) is 9.55. The number of alkyl halides is 36. The summed E-state index contributed by atoms with van der Waals surface area (Å²) in [5.41, 5.74) is -17.5. The van der Waals surface area contributed by atoms with Gasteiger partial charge in [0.1, 0.15) is 0 Å². The maximum Gasteiger partial charge on any atom is 0.460 e. The molecule has 0 fully saturated rings. The third-order valence-corrected chi connectivity index (χ3v) is 15.5. The minimum absolute atomic E-state index is 0.00630. The van der Waals surface area contributed by atoms with Gasteiger partial charge in [-0.05, 0) is 73.5 Å². The number of benzene rings is 4. The summed E-state index contributed by atoms with van der Waals surface area (Å²) in [5, 5.41) is 0. The minimum atomic E-state index is -9.22. The molecule has 0 aliphatic carbocycles. The first-order valence-corrected chi connectivity index (χ1v) is 26.4. The van der Waals surface area contributed by atoms with Gasteiger partial charge in [0.15, 0.2) is 11.5 Å². The summed E-state index contributed by atoms with van der Waals surface area (Å²) in [6.07, 6.45) is -31.4. The van der Waals surface area contributed by atoms with Crippen molar-refractivity contribution in [1.29, 1.82) is 0 Å². The van der Waals surface area contributed by atoms with Crippen molar-refractivity contribution < 1.29 is 202 Å². The molecule has 0 unspecified atom stereocenters. The van der Waals surface area contributed by atoms with Gasteiger partial charge in [-0.25, -0.2) is 16.8 Å². The number of halogens is 40. The average molecular weight is 1530 g/mol. The van der Waals surface area contributed by atoms with E-state index in [-0.39, 0.29) is 11.1 Å². The molecule has 4 aromatic rings. The third kappa shape index (κ3) is 13.0. The number of rotatable bonds is 24. The number of hydrogen-bond donors (Lipinski definition) is 2. The van der Waals surface area contributed by atoms with E-state index >= 15 is 43.9 Å². The van der Waals surface area contributed by atoms with Crippen molar-refractivity contribution >= 4 is 31.4 Å². The van der Waals surface area contributed by atoms with Crippen LogP contribution in [0.25, 0.3) is 0 Å². The van der Waals surface area contributed by atoms with Crippen molar-refractivity contribution in [3.8, 4) is 11.5 Å². The monoisotopic (exact) mass is 1530 g/mol. The standard InChI is InChI=1S/C47H22F40N2O6S2/c1-17-3-9-21(10-4-17)96(90,91)88-23-15-19(7-13-25(23)94-29(50)27(48)32(52,53)34(56,57)36(60,61)38(64,65)40(68,69)42(72,73)46(82,83)84)31(44(76,77)78,45(79,80)81)20-8-14-26(24(16-20)89-97(92,93)22-11-5-18(2)6-12-22)95-30(51)28(49)33(54,55)35(58,59)37(62,63)39(66,67)41(70,71)43(74,75)47(85,86)87/h3-16,88-89H,1-2H3. The van der Waals surface area contributed by atoms with E-state index in [1.807, 2.05) is 0 Å². The predicted molar refractivity (Wildman–Crippen MR) is 241 cm³/mol. The van der Waals surface area contributed by atoms with Crippen LogP contribution in [0, 0.1) is 13.8 Å². The number of hydrogen-bond acceptors (Lipinski definition) is 6. The van der Waals surface area contributed by atoms with Gasteiger partial charge in [-0.2, -0.15) is 176 Å². The lowest BCUT2D eigenvalue weighted by Crippen LogP contribution is -2.72. The topological polar surface area (TPSA) is 111 Å². The van der Waals surface area contributed by atoms with Crippen LogP contribution in [-0.2, 0) is 25.5 Å². The molecule has 0 spiro atoms. The number of nitrogens with one attached hydrogen (secondary N) is 2. The normalized spacial score (nSPS) is 15.6. The molecular weight excluding hydrogens is 1510 g/mol. The molecule has 0 saturated carbocycles. The Bertz CT molecular complexity index is 3640. The van der Waals surface area contributed by atoms with Crippen LogP contribution < -0.4 is 18.9 Å². The molecule has 0 atom stereocenters. The summed E-state index contributed by atoms with van der Waals surface area (Å²) in [7, 11) is -12.0. The molecule has 0 heterocycles. The second-order valence-electron chi connectivity index (χ2n) is 19.3. The van der Waals surface area contributed by atoms with Gasteiger partial charge in [0.25, 0.3) is 20.0 Å².